The molecule has 24 heavy (non-hydrogen) atoms. The summed E-state index contributed by atoms with van der Waals surface area (Å²) in [5.41, 5.74) is 0.208. The minimum absolute atomic E-state index is 0.198. The molecular formula is C19H23N3O2. The second kappa shape index (κ2) is 6.59. The van der Waals surface area contributed by atoms with Gasteiger partial charge in [0.15, 0.2) is 0 Å². The highest BCUT2D eigenvalue weighted by Gasteiger charge is 2.37. The van der Waals surface area contributed by atoms with Crippen molar-refractivity contribution >= 4 is 28.4 Å². The molecule has 3 rings (SSSR count). The lowest BCUT2D eigenvalue weighted by Crippen LogP contribution is -2.48. The molecule has 1 fully saturated rings. The molecule has 1 aromatic carbocycles. The zero-order valence-electron chi connectivity index (χ0n) is 14.1. The number of fused-ring (bicyclic) bond motifs is 1. The standard InChI is InChI=1S/C19H23N3O2/c1-19(2,17(23)21-14-9-3-4-10-14)18(24)22-15-11-5-7-13-8-6-12-20-16(13)15/h5-8,11-12,14H,3-4,9-10H2,1-2H3,(H,21,23)(H,22,24). The molecule has 2 aromatic rings. The molecule has 5 nitrogen and oxygen atoms in total. The predicted octanol–water partition coefficient (Wildman–Crippen LogP) is 3.26. The number of aromatic nitrogens is 1. The molecule has 2 N–H and O–H groups in total. The summed E-state index contributed by atoms with van der Waals surface area (Å²) in [6.07, 6.45) is 5.96. The molecule has 2 amide bonds. The lowest BCUT2D eigenvalue weighted by atomic mass is 9.90. The third-order valence-corrected chi connectivity index (χ3v) is 4.71. The van der Waals surface area contributed by atoms with E-state index in [-0.39, 0.29) is 17.9 Å². The van der Waals surface area contributed by atoms with E-state index in [1.54, 1.807) is 26.1 Å². The first-order valence-electron chi connectivity index (χ1n) is 8.44. The van der Waals surface area contributed by atoms with Crippen LogP contribution in [0.2, 0.25) is 0 Å². The maximum absolute atomic E-state index is 12.7. The SMILES string of the molecule is CC(C)(C(=O)Nc1cccc2cccnc12)C(=O)NC1CCCC1. The highest BCUT2D eigenvalue weighted by molar-refractivity contribution is 6.12. The van der Waals surface area contributed by atoms with Gasteiger partial charge in [0.25, 0.3) is 0 Å². The van der Waals surface area contributed by atoms with Crippen LogP contribution in [0.15, 0.2) is 36.5 Å². The number of hydrogen-bond donors (Lipinski definition) is 2. The Labute approximate surface area is 141 Å². The average molecular weight is 325 g/mol. The number of pyridine rings is 1. The van der Waals surface area contributed by atoms with Gasteiger partial charge in [-0.1, -0.05) is 31.0 Å². The van der Waals surface area contributed by atoms with Crippen LogP contribution < -0.4 is 10.6 Å². The van der Waals surface area contributed by atoms with Crippen LogP contribution in [0.3, 0.4) is 0 Å². The van der Waals surface area contributed by atoms with Gasteiger partial charge in [0.05, 0.1) is 11.2 Å². The lowest BCUT2D eigenvalue weighted by molar-refractivity contribution is -0.138. The molecule has 0 saturated heterocycles. The van der Waals surface area contributed by atoms with Crippen LogP contribution in [0, 0.1) is 5.41 Å². The summed E-state index contributed by atoms with van der Waals surface area (Å²) in [4.78, 5) is 29.6. The first-order chi connectivity index (χ1) is 11.5. The molecule has 1 saturated carbocycles. The number of benzene rings is 1. The smallest absolute Gasteiger partial charge is 0.239 e. The second-order valence-corrected chi connectivity index (χ2v) is 6.91. The van der Waals surface area contributed by atoms with Gasteiger partial charge in [-0.3, -0.25) is 14.6 Å². The highest BCUT2D eigenvalue weighted by atomic mass is 16.2. The van der Waals surface area contributed by atoms with Crippen molar-refractivity contribution in [1.29, 1.82) is 0 Å². The first-order valence-corrected chi connectivity index (χ1v) is 8.44. The summed E-state index contributed by atoms with van der Waals surface area (Å²) >= 11 is 0. The summed E-state index contributed by atoms with van der Waals surface area (Å²) in [7, 11) is 0. The number of nitrogens with one attached hydrogen (secondary N) is 2. The molecule has 0 bridgehead atoms. The highest BCUT2D eigenvalue weighted by Crippen LogP contribution is 2.25. The van der Waals surface area contributed by atoms with E-state index in [1.165, 1.54) is 0 Å². The van der Waals surface area contributed by atoms with Gasteiger partial charge in [-0.05, 0) is 38.8 Å². The molecule has 0 aliphatic heterocycles. The van der Waals surface area contributed by atoms with Gasteiger partial charge >= 0.3 is 0 Å². The van der Waals surface area contributed by atoms with Crippen LogP contribution in [0.4, 0.5) is 5.69 Å². The van der Waals surface area contributed by atoms with Crippen LogP contribution in [0.25, 0.3) is 10.9 Å². The predicted molar refractivity (Wildman–Crippen MR) is 94.6 cm³/mol. The van der Waals surface area contributed by atoms with Gasteiger partial charge in [0, 0.05) is 17.6 Å². The zero-order valence-corrected chi connectivity index (χ0v) is 14.1. The number of rotatable bonds is 4. The van der Waals surface area contributed by atoms with Crippen molar-refractivity contribution in [2.75, 3.05) is 5.32 Å². The lowest BCUT2D eigenvalue weighted by Gasteiger charge is -2.25. The molecule has 5 heteroatoms. The van der Waals surface area contributed by atoms with E-state index < -0.39 is 5.41 Å². The Morgan fingerprint density at radius 1 is 1.08 bits per heavy atom. The molecule has 1 aliphatic carbocycles. The van der Waals surface area contributed by atoms with E-state index in [2.05, 4.69) is 15.6 Å². The Morgan fingerprint density at radius 2 is 1.79 bits per heavy atom. The van der Waals surface area contributed by atoms with E-state index in [9.17, 15) is 9.59 Å². The molecule has 1 heterocycles. The van der Waals surface area contributed by atoms with E-state index in [1.807, 2.05) is 24.3 Å². The minimum Gasteiger partial charge on any atom is -0.352 e. The quantitative estimate of drug-likeness (QED) is 0.848. The normalized spacial score (nSPS) is 15.4. The van der Waals surface area contributed by atoms with Crippen LogP contribution in [0.5, 0.6) is 0 Å². The Balaban J connectivity index is 1.75. The molecule has 0 atom stereocenters. The fraction of sp³-hybridized carbons (Fsp3) is 0.421. The molecular weight excluding hydrogens is 302 g/mol. The van der Waals surface area contributed by atoms with Crippen molar-refractivity contribution in [2.45, 2.75) is 45.6 Å². The molecule has 0 spiro atoms. The van der Waals surface area contributed by atoms with Crippen molar-refractivity contribution in [3.8, 4) is 0 Å². The summed E-state index contributed by atoms with van der Waals surface area (Å²) in [6, 6.07) is 9.60. The van der Waals surface area contributed by atoms with Gasteiger partial charge in [-0.2, -0.15) is 0 Å². The Kier molecular flexibility index (Phi) is 4.51. The molecule has 1 aliphatic rings. The van der Waals surface area contributed by atoms with Gasteiger partial charge in [0.1, 0.15) is 5.41 Å². The number of nitrogens with zero attached hydrogens (tertiary/aromatic N) is 1. The van der Waals surface area contributed by atoms with E-state index in [0.29, 0.717) is 5.69 Å². The molecule has 0 unspecified atom stereocenters. The van der Waals surface area contributed by atoms with E-state index >= 15 is 0 Å². The summed E-state index contributed by atoms with van der Waals surface area (Å²) in [5, 5.41) is 6.82. The van der Waals surface area contributed by atoms with Crippen molar-refractivity contribution in [1.82, 2.24) is 10.3 Å². The average Bonchev–Trinajstić information content (AvgIpc) is 3.08. The monoisotopic (exact) mass is 325 g/mol. The van der Waals surface area contributed by atoms with Gasteiger partial charge < -0.3 is 10.6 Å². The van der Waals surface area contributed by atoms with E-state index in [0.717, 1.165) is 36.6 Å². The number of carbonyl (C=O) groups excluding carboxylic acids is 2. The molecule has 1 aromatic heterocycles. The van der Waals surface area contributed by atoms with Crippen LogP contribution >= 0.6 is 0 Å². The summed E-state index contributed by atoms with van der Waals surface area (Å²) in [6.45, 7) is 3.32. The number of para-hydroxylation sites is 1. The Bertz CT molecular complexity index is 759. The van der Waals surface area contributed by atoms with Gasteiger partial charge in [-0.25, -0.2) is 0 Å². The summed E-state index contributed by atoms with van der Waals surface area (Å²) in [5.74, 6) is -0.545. The third-order valence-electron chi connectivity index (χ3n) is 4.71. The fourth-order valence-electron chi connectivity index (χ4n) is 3.02. The number of hydrogen-bond acceptors (Lipinski definition) is 3. The molecule has 126 valence electrons. The topological polar surface area (TPSA) is 71.1 Å². The van der Waals surface area contributed by atoms with Crippen molar-refractivity contribution < 1.29 is 9.59 Å². The minimum atomic E-state index is -1.14. The summed E-state index contributed by atoms with van der Waals surface area (Å²) < 4.78 is 0. The second-order valence-electron chi connectivity index (χ2n) is 6.91. The first kappa shape index (κ1) is 16.4. The fourth-order valence-corrected chi connectivity index (χ4v) is 3.02. The largest absolute Gasteiger partial charge is 0.352 e. The Morgan fingerprint density at radius 3 is 2.54 bits per heavy atom. The third kappa shape index (κ3) is 3.25. The van der Waals surface area contributed by atoms with Crippen LogP contribution in [-0.4, -0.2) is 22.8 Å². The van der Waals surface area contributed by atoms with E-state index in [4.69, 9.17) is 0 Å². The van der Waals surface area contributed by atoms with Crippen LogP contribution in [-0.2, 0) is 9.59 Å². The Hall–Kier alpha value is -2.43. The van der Waals surface area contributed by atoms with Gasteiger partial charge in [-0.15, -0.1) is 0 Å². The number of anilines is 1. The number of amides is 2. The van der Waals surface area contributed by atoms with Gasteiger partial charge in [0.2, 0.25) is 11.8 Å². The van der Waals surface area contributed by atoms with Crippen LogP contribution in [0.1, 0.15) is 39.5 Å². The molecule has 0 radical (unpaired) electrons. The zero-order chi connectivity index (χ0) is 17.2. The van der Waals surface area contributed by atoms with Crippen molar-refractivity contribution in [3.63, 3.8) is 0 Å². The maximum atomic E-state index is 12.7. The van der Waals surface area contributed by atoms with Crippen molar-refractivity contribution in [3.05, 3.63) is 36.5 Å². The maximum Gasteiger partial charge on any atom is 0.239 e. The van der Waals surface area contributed by atoms with Crippen molar-refractivity contribution in [2.24, 2.45) is 5.41 Å². The number of carbonyl (C=O) groups is 2.